The van der Waals surface area contributed by atoms with Gasteiger partial charge in [0.2, 0.25) is 0 Å². The monoisotopic (exact) mass is 259 g/mol. The van der Waals surface area contributed by atoms with Gasteiger partial charge in [-0.3, -0.25) is 4.79 Å². The van der Waals surface area contributed by atoms with Crippen molar-refractivity contribution in [2.24, 2.45) is 5.73 Å². The molecule has 0 spiro atoms. The lowest BCUT2D eigenvalue weighted by Gasteiger charge is -2.11. The molecule has 0 amide bonds. The van der Waals surface area contributed by atoms with Crippen molar-refractivity contribution in [3.05, 3.63) is 29.8 Å². The fourth-order valence-electron chi connectivity index (χ4n) is 1.39. The number of esters is 1. The quantitative estimate of drug-likeness (QED) is 0.790. The third kappa shape index (κ3) is 4.67. The van der Waals surface area contributed by atoms with Gasteiger partial charge in [-0.15, -0.1) is 0 Å². The highest BCUT2D eigenvalue weighted by atomic mass is 19.3. The summed E-state index contributed by atoms with van der Waals surface area (Å²) >= 11 is 0. The van der Waals surface area contributed by atoms with E-state index in [1.807, 2.05) is 0 Å². The van der Waals surface area contributed by atoms with Gasteiger partial charge in [-0.1, -0.05) is 12.1 Å². The molecule has 0 radical (unpaired) electrons. The number of alkyl halides is 2. The van der Waals surface area contributed by atoms with Gasteiger partial charge in [-0.2, -0.15) is 8.78 Å². The Bertz CT molecular complexity index is 381. The van der Waals surface area contributed by atoms with E-state index in [0.29, 0.717) is 0 Å². The molecule has 1 atom stereocenters. The Kier molecular flexibility index (Phi) is 5.51. The van der Waals surface area contributed by atoms with Crippen LogP contribution < -0.4 is 10.5 Å². The van der Waals surface area contributed by atoms with Crippen molar-refractivity contribution in [3.63, 3.8) is 0 Å². The number of benzene rings is 1. The lowest BCUT2D eigenvalue weighted by Crippen LogP contribution is -2.34. The second kappa shape index (κ2) is 6.90. The molecule has 2 N–H and O–H groups in total. The first-order valence-electron chi connectivity index (χ1n) is 5.49. The lowest BCUT2D eigenvalue weighted by atomic mass is 10.1. The molecule has 1 aromatic carbocycles. The molecule has 0 fully saturated rings. The van der Waals surface area contributed by atoms with Crippen LogP contribution in [0.3, 0.4) is 0 Å². The number of carbonyl (C=O) groups excluding carboxylic acids is 1. The molecule has 100 valence electrons. The largest absolute Gasteiger partial charge is 0.465 e. The number of hydrogen-bond donors (Lipinski definition) is 1. The summed E-state index contributed by atoms with van der Waals surface area (Å²) in [5.41, 5.74) is 6.38. The van der Waals surface area contributed by atoms with Crippen LogP contribution in [0.1, 0.15) is 12.5 Å². The number of nitrogens with two attached hydrogens (primary N) is 1. The second-order valence-electron chi connectivity index (χ2n) is 3.59. The van der Waals surface area contributed by atoms with Crippen LogP contribution in [0.25, 0.3) is 0 Å². The molecule has 0 aliphatic rings. The van der Waals surface area contributed by atoms with Gasteiger partial charge in [0, 0.05) is 0 Å². The minimum Gasteiger partial charge on any atom is -0.465 e. The van der Waals surface area contributed by atoms with E-state index < -0.39 is 18.6 Å². The first-order valence-corrected chi connectivity index (χ1v) is 5.49. The SMILES string of the molecule is CCOC(=O)[C@@H](N)Cc1ccc(OC(F)F)cc1. The molecule has 1 aromatic rings. The molecule has 4 nitrogen and oxygen atoms in total. The Balaban J connectivity index is 2.55. The van der Waals surface area contributed by atoms with Gasteiger partial charge in [0.25, 0.3) is 0 Å². The molecule has 1 rings (SSSR count). The van der Waals surface area contributed by atoms with Gasteiger partial charge < -0.3 is 15.2 Å². The summed E-state index contributed by atoms with van der Waals surface area (Å²) < 4.78 is 32.8. The fourth-order valence-corrected chi connectivity index (χ4v) is 1.39. The molecule has 0 bridgehead atoms. The van der Waals surface area contributed by atoms with Gasteiger partial charge >= 0.3 is 12.6 Å². The maximum Gasteiger partial charge on any atom is 0.387 e. The van der Waals surface area contributed by atoms with Gasteiger partial charge in [0.1, 0.15) is 11.8 Å². The first-order chi connectivity index (χ1) is 8.52. The normalized spacial score (nSPS) is 12.3. The molecular formula is C12H15F2NO3. The molecule has 6 heteroatoms. The van der Waals surface area contributed by atoms with Crippen molar-refractivity contribution in [1.29, 1.82) is 0 Å². The van der Waals surface area contributed by atoms with Crippen LogP contribution in [0.5, 0.6) is 5.75 Å². The summed E-state index contributed by atoms with van der Waals surface area (Å²) in [6.45, 7) is -0.882. The zero-order valence-electron chi connectivity index (χ0n) is 9.94. The summed E-state index contributed by atoms with van der Waals surface area (Å²) in [4.78, 5) is 11.3. The standard InChI is InChI=1S/C12H15F2NO3/c1-2-17-11(16)10(15)7-8-3-5-9(6-4-8)18-12(13)14/h3-6,10,12H,2,7,15H2,1H3/t10-/m0/s1. The van der Waals surface area contributed by atoms with Crippen LogP contribution in [0.2, 0.25) is 0 Å². The van der Waals surface area contributed by atoms with Crippen molar-refractivity contribution in [2.75, 3.05) is 6.61 Å². The molecule has 0 heterocycles. The Morgan fingerprint density at radius 2 is 1.94 bits per heavy atom. The topological polar surface area (TPSA) is 61.5 Å². The number of hydrogen-bond acceptors (Lipinski definition) is 4. The molecule has 0 saturated carbocycles. The minimum absolute atomic E-state index is 0.0680. The van der Waals surface area contributed by atoms with Crippen molar-refractivity contribution < 1.29 is 23.0 Å². The molecule has 0 saturated heterocycles. The predicted octanol–water partition coefficient (Wildman–Crippen LogP) is 1.72. The van der Waals surface area contributed by atoms with Crippen molar-refractivity contribution >= 4 is 5.97 Å². The molecular weight excluding hydrogens is 244 g/mol. The average molecular weight is 259 g/mol. The van der Waals surface area contributed by atoms with Crippen LogP contribution >= 0.6 is 0 Å². The third-order valence-corrected chi connectivity index (χ3v) is 2.19. The molecule has 0 unspecified atom stereocenters. The Labute approximate surface area is 104 Å². The third-order valence-electron chi connectivity index (χ3n) is 2.19. The van der Waals surface area contributed by atoms with E-state index in [9.17, 15) is 13.6 Å². The van der Waals surface area contributed by atoms with Crippen molar-refractivity contribution in [2.45, 2.75) is 26.0 Å². The zero-order chi connectivity index (χ0) is 13.5. The minimum atomic E-state index is -2.85. The van der Waals surface area contributed by atoms with E-state index >= 15 is 0 Å². The smallest absolute Gasteiger partial charge is 0.387 e. The average Bonchev–Trinajstić information content (AvgIpc) is 2.31. The van der Waals surface area contributed by atoms with E-state index in [-0.39, 0.29) is 18.8 Å². The molecule has 0 aromatic heterocycles. The highest BCUT2D eigenvalue weighted by molar-refractivity contribution is 5.75. The summed E-state index contributed by atoms with van der Waals surface area (Å²) in [5.74, 6) is -0.413. The van der Waals surface area contributed by atoms with Gasteiger partial charge in [0.15, 0.2) is 0 Å². The van der Waals surface area contributed by atoms with E-state index in [4.69, 9.17) is 10.5 Å². The van der Waals surface area contributed by atoms with Gasteiger partial charge in [-0.05, 0) is 31.0 Å². The fraction of sp³-hybridized carbons (Fsp3) is 0.417. The second-order valence-corrected chi connectivity index (χ2v) is 3.59. The van der Waals surface area contributed by atoms with Crippen LogP contribution in [0, 0.1) is 0 Å². The van der Waals surface area contributed by atoms with Crippen LogP contribution in [-0.4, -0.2) is 25.2 Å². The zero-order valence-corrected chi connectivity index (χ0v) is 9.94. The summed E-state index contributed by atoms with van der Waals surface area (Å²) in [5, 5.41) is 0. The van der Waals surface area contributed by atoms with Crippen LogP contribution in [0.15, 0.2) is 24.3 Å². The Morgan fingerprint density at radius 1 is 1.33 bits per heavy atom. The summed E-state index contributed by atoms with van der Waals surface area (Å²) in [6, 6.07) is 5.21. The summed E-state index contributed by atoms with van der Waals surface area (Å²) in [7, 11) is 0. The van der Waals surface area contributed by atoms with E-state index in [0.717, 1.165) is 5.56 Å². The number of carbonyl (C=O) groups is 1. The van der Waals surface area contributed by atoms with E-state index in [1.165, 1.54) is 12.1 Å². The Morgan fingerprint density at radius 3 is 2.44 bits per heavy atom. The van der Waals surface area contributed by atoms with E-state index in [1.54, 1.807) is 19.1 Å². The lowest BCUT2D eigenvalue weighted by molar-refractivity contribution is -0.144. The van der Waals surface area contributed by atoms with Crippen LogP contribution in [0.4, 0.5) is 8.78 Å². The Hall–Kier alpha value is -1.69. The van der Waals surface area contributed by atoms with Gasteiger partial charge in [-0.25, -0.2) is 0 Å². The number of rotatable bonds is 6. The molecule has 0 aliphatic heterocycles. The number of ether oxygens (including phenoxy) is 2. The maximum absolute atomic E-state index is 11.9. The molecule has 18 heavy (non-hydrogen) atoms. The first kappa shape index (κ1) is 14.4. The van der Waals surface area contributed by atoms with Crippen LogP contribution in [-0.2, 0) is 16.0 Å². The molecule has 0 aliphatic carbocycles. The van der Waals surface area contributed by atoms with Crippen molar-refractivity contribution in [1.82, 2.24) is 0 Å². The highest BCUT2D eigenvalue weighted by Crippen LogP contribution is 2.15. The van der Waals surface area contributed by atoms with Gasteiger partial charge in [0.05, 0.1) is 6.61 Å². The summed E-state index contributed by atoms with van der Waals surface area (Å²) in [6.07, 6.45) is 0.286. The van der Waals surface area contributed by atoms with E-state index in [2.05, 4.69) is 4.74 Å². The number of halogens is 2. The highest BCUT2D eigenvalue weighted by Gasteiger charge is 2.15. The predicted molar refractivity (Wildman–Crippen MR) is 61.4 cm³/mol. The maximum atomic E-state index is 11.9. The van der Waals surface area contributed by atoms with Crippen molar-refractivity contribution in [3.8, 4) is 5.75 Å².